The van der Waals surface area contributed by atoms with Crippen molar-refractivity contribution in [2.75, 3.05) is 26.7 Å². The van der Waals surface area contributed by atoms with Gasteiger partial charge in [0.25, 0.3) is 5.92 Å². The molecule has 0 bridgehead atoms. The van der Waals surface area contributed by atoms with Crippen LogP contribution in [0.2, 0.25) is 0 Å². The SMILES string of the molecule is COC(=O)c1ccc(CS(=O)(=O)NC(CCN2CCC(F)(F)C2)c2ccccc2)cc1. The summed E-state index contributed by atoms with van der Waals surface area (Å²) in [5, 5.41) is 0. The van der Waals surface area contributed by atoms with Crippen LogP contribution >= 0.6 is 0 Å². The number of methoxy groups -OCH3 is 1. The minimum atomic E-state index is -3.72. The molecule has 9 heteroatoms. The third kappa shape index (κ3) is 6.81. The van der Waals surface area contributed by atoms with Crippen LogP contribution in [0, 0.1) is 0 Å². The van der Waals surface area contributed by atoms with Gasteiger partial charge >= 0.3 is 5.97 Å². The highest BCUT2D eigenvalue weighted by atomic mass is 32.2. The molecule has 1 N–H and O–H groups in total. The summed E-state index contributed by atoms with van der Waals surface area (Å²) in [4.78, 5) is 13.2. The van der Waals surface area contributed by atoms with Crippen molar-refractivity contribution < 1.29 is 26.7 Å². The topological polar surface area (TPSA) is 75.7 Å². The van der Waals surface area contributed by atoms with E-state index in [1.54, 1.807) is 17.0 Å². The number of nitrogens with one attached hydrogen (secondary N) is 1. The molecule has 2 aromatic rings. The minimum absolute atomic E-state index is 0.170. The number of hydrogen-bond acceptors (Lipinski definition) is 5. The summed E-state index contributed by atoms with van der Waals surface area (Å²) in [5.41, 5.74) is 1.63. The van der Waals surface area contributed by atoms with Crippen molar-refractivity contribution in [3.8, 4) is 0 Å². The van der Waals surface area contributed by atoms with Crippen LogP contribution in [0.15, 0.2) is 54.6 Å². The highest BCUT2D eigenvalue weighted by Crippen LogP contribution is 2.28. The van der Waals surface area contributed by atoms with Crippen LogP contribution in [-0.4, -0.2) is 52.0 Å². The lowest BCUT2D eigenvalue weighted by atomic mass is 10.0. The standard InChI is InChI=1S/C22H26F2N2O4S/c1-30-21(27)19-9-7-17(8-10-19)15-31(28,29)25-20(18-5-3-2-4-6-18)11-13-26-14-12-22(23,24)16-26/h2-10,20,25H,11-16H2,1H3. The van der Waals surface area contributed by atoms with E-state index in [4.69, 9.17) is 0 Å². The summed E-state index contributed by atoms with van der Waals surface area (Å²) in [6, 6.07) is 14.7. The molecule has 1 aliphatic rings. The van der Waals surface area contributed by atoms with Crippen LogP contribution in [0.25, 0.3) is 0 Å². The fourth-order valence-electron chi connectivity index (χ4n) is 3.62. The number of nitrogens with zero attached hydrogens (tertiary/aromatic N) is 1. The number of hydrogen-bond donors (Lipinski definition) is 1. The molecule has 1 atom stereocenters. The number of likely N-dealkylation sites (tertiary alicyclic amines) is 1. The van der Waals surface area contributed by atoms with Gasteiger partial charge in [0.15, 0.2) is 0 Å². The summed E-state index contributed by atoms with van der Waals surface area (Å²) < 4.78 is 59.9. The van der Waals surface area contributed by atoms with Crippen molar-refractivity contribution in [3.63, 3.8) is 0 Å². The van der Waals surface area contributed by atoms with Crippen molar-refractivity contribution in [2.45, 2.75) is 30.6 Å². The molecule has 1 unspecified atom stereocenters. The summed E-state index contributed by atoms with van der Waals surface area (Å²) in [6.07, 6.45) is 0.205. The number of ether oxygens (including phenoxy) is 1. The average Bonchev–Trinajstić information content (AvgIpc) is 3.10. The van der Waals surface area contributed by atoms with E-state index >= 15 is 0 Å². The molecule has 1 saturated heterocycles. The zero-order valence-electron chi connectivity index (χ0n) is 17.3. The van der Waals surface area contributed by atoms with Crippen LogP contribution < -0.4 is 4.72 Å². The molecular weight excluding hydrogens is 426 g/mol. The maximum atomic E-state index is 13.5. The zero-order valence-corrected chi connectivity index (χ0v) is 18.1. The molecule has 0 saturated carbocycles. The number of rotatable bonds is 9. The number of carbonyl (C=O) groups excluding carboxylic acids is 1. The third-order valence-electron chi connectivity index (χ3n) is 5.24. The molecule has 0 radical (unpaired) electrons. The van der Waals surface area contributed by atoms with E-state index < -0.39 is 28.0 Å². The number of halogens is 2. The number of carbonyl (C=O) groups is 1. The van der Waals surface area contributed by atoms with Gasteiger partial charge in [-0.3, -0.25) is 4.90 Å². The molecule has 0 spiro atoms. The van der Waals surface area contributed by atoms with Crippen molar-refractivity contribution in [2.24, 2.45) is 0 Å². The summed E-state index contributed by atoms with van der Waals surface area (Å²) in [6.45, 7) is 0.368. The van der Waals surface area contributed by atoms with E-state index in [-0.39, 0.29) is 18.7 Å². The second-order valence-electron chi connectivity index (χ2n) is 7.70. The Labute approximate surface area is 181 Å². The van der Waals surface area contributed by atoms with Crippen LogP contribution in [-0.2, 0) is 20.5 Å². The van der Waals surface area contributed by atoms with E-state index in [0.717, 1.165) is 5.56 Å². The largest absolute Gasteiger partial charge is 0.465 e. The van der Waals surface area contributed by atoms with Gasteiger partial charge in [0.2, 0.25) is 10.0 Å². The maximum Gasteiger partial charge on any atom is 0.337 e. The first kappa shape index (κ1) is 23.3. The van der Waals surface area contributed by atoms with Gasteiger partial charge in [-0.1, -0.05) is 42.5 Å². The molecule has 1 heterocycles. The van der Waals surface area contributed by atoms with Crippen molar-refractivity contribution in [1.82, 2.24) is 9.62 Å². The van der Waals surface area contributed by atoms with E-state index in [1.165, 1.54) is 19.2 Å². The van der Waals surface area contributed by atoms with Gasteiger partial charge in [-0.15, -0.1) is 0 Å². The van der Waals surface area contributed by atoms with Crippen LogP contribution in [0.1, 0.15) is 40.4 Å². The highest BCUT2D eigenvalue weighted by Gasteiger charge is 2.38. The fourth-order valence-corrected chi connectivity index (χ4v) is 5.02. The molecule has 0 amide bonds. The molecule has 2 aromatic carbocycles. The first-order chi connectivity index (χ1) is 14.7. The summed E-state index contributed by atoms with van der Waals surface area (Å²) in [7, 11) is -2.45. The molecule has 168 valence electrons. The smallest absolute Gasteiger partial charge is 0.337 e. The van der Waals surface area contributed by atoms with Gasteiger partial charge in [-0.05, 0) is 29.7 Å². The van der Waals surface area contributed by atoms with Crippen LogP contribution in [0.5, 0.6) is 0 Å². The second kappa shape index (κ2) is 9.84. The first-order valence-electron chi connectivity index (χ1n) is 10.00. The summed E-state index contributed by atoms with van der Waals surface area (Å²) >= 11 is 0. The molecule has 6 nitrogen and oxygen atoms in total. The van der Waals surface area contributed by atoms with Crippen LogP contribution in [0.3, 0.4) is 0 Å². The van der Waals surface area contributed by atoms with E-state index in [0.29, 0.717) is 30.6 Å². The average molecular weight is 453 g/mol. The lowest BCUT2D eigenvalue weighted by Crippen LogP contribution is -2.33. The van der Waals surface area contributed by atoms with Crippen LogP contribution in [0.4, 0.5) is 8.78 Å². The summed E-state index contributed by atoms with van der Waals surface area (Å²) in [5.74, 6) is -3.44. The zero-order chi connectivity index (χ0) is 22.5. The molecule has 1 fully saturated rings. The third-order valence-corrected chi connectivity index (χ3v) is 6.60. The Balaban J connectivity index is 1.68. The molecule has 1 aliphatic heterocycles. The molecule has 0 aromatic heterocycles. The lowest BCUT2D eigenvalue weighted by Gasteiger charge is -2.23. The van der Waals surface area contributed by atoms with Gasteiger partial charge in [0, 0.05) is 25.6 Å². The quantitative estimate of drug-likeness (QED) is 0.591. The fraction of sp³-hybridized carbons (Fsp3) is 0.409. The number of sulfonamides is 1. The predicted octanol–water partition coefficient (Wildman–Crippen LogP) is 3.37. The first-order valence-corrected chi connectivity index (χ1v) is 11.6. The highest BCUT2D eigenvalue weighted by molar-refractivity contribution is 7.88. The van der Waals surface area contributed by atoms with E-state index in [2.05, 4.69) is 9.46 Å². The predicted molar refractivity (Wildman–Crippen MR) is 113 cm³/mol. The molecular formula is C22H26F2N2O4S. The van der Waals surface area contributed by atoms with Gasteiger partial charge in [0.1, 0.15) is 0 Å². The normalized spacial score (nSPS) is 17.4. The van der Waals surface area contributed by atoms with Crippen molar-refractivity contribution >= 4 is 16.0 Å². The van der Waals surface area contributed by atoms with Gasteiger partial charge in [0.05, 0.1) is 25.0 Å². The Morgan fingerprint density at radius 3 is 2.42 bits per heavy atom. The van der Waals surface area contributed by atoms with Gasteiger partial charge in [-0.2, -0.15) is 0 Å². The van der Waals surface area contributed by atoms with Gasteiger partial charge in [-0.25, -0.2) is 26.7 Å². The molecule has 3 rings (SSSR count). The molecule has 31 heavy (non-hydrogen) atoms. The monoisotopic (exact) mass is 452 g/mol. The Morgan fingerprint density at radius 1 is 1.16 bits per heavy atom. The van der Waals surface area contributed by atoms with Gasteiger partial charge < -0.3 is 4.74 Å². The Bertz CT molecular complexity index is 982. The van der Waals surface area contributed by atoms with E-state index in [9.17, 15) is 22.0 Å². The van der Waals surface area contributed by atoms with Crippen molar-refractivity contribution in [1.29, 1.82) is 0 Å². The number of benzene rings is 2. The Hall–Kier alpha value is -2.36. The Kier molecular flexibility index (Phi) is 7.40. The number of alkyl halides is 2. The van der Waals surface area contributed by atoms with E-state index in [1.807, 2.05) is 30.3 Å². The minimum Gasteiger partial charge on any atom is -0.465 e. The Morgan fingerprint density at radius 2 is 1.84 bits per heavy atom. The maximum absolute atomic E-state index is 13.5. The van der Waals surface area contributed by atoms with Crippen molar-refractivity contribution in [3.05, 3.63) is 71.3 Å². The number of esters is 1. The second-order valence-corrected chi connectivity index (χ2v) is 9.45. The lowest BCUT2D eigenvalue weighted by molar-refractivity contribution is 0.0119. The molecule has 0 aliphatic carbocycles.